The summed E-state index contributed by atoms with van der Waals surface area (Å²) in [6.07, 6.45) is -0.359. The molecule has 1 saturated heterocycles. The molecule has 0 saturated carbocycles. The van der Waals surface area contributed by atoms with Crippen LogP contribution in [-0.4, -0.2) is 24.1 Å². The number of halogens is 1. The van der Waals surface area contributed by atoms with Gasteiger partial charge in [-0.15, -0.1) is 0 Å². The number of benzene rings is 1. The summed E-state index contributed by atoms with van der Waals surface area (Å²) in [6.45, 7) is 3.45. The number of rotatable bonds is 2. The van der Waals surface area contributed by atoms with Gasteiger partial charge in [-0.05, 0) is 24.6 Å². The maximum atomic E-state index is 12.2. The van der Waals surface area contributed by atoms with Crippen LogP contribution in [0.3, 0.4) is 0 Å². The Morgan fingerprint density at radius 2 is 2.05 bits per heavy atom. The van der Waals surface area contributed by atoms with E-state index < -0.39 is 0 Å². The molecular formula is C14H14ClNO3. The van der Waals surface area contributed by atoms with Crippen LogP contribution >= 0.6 is 11.6 Å². The molecule has 0 atom stereocenters. The molecule has 1 aromatic carbocycles. The molecule has 4 nitrogen and oxygen atoms in total. The van der Waals surface area contributed by atoms with Gasteiger partial charge in [0.1, 0.15) is 0 Å². The molecule has 1 fully saturated rings. The largest absolute Gasteiger partial charge is 0.348 e. The zero-order valence-corrected chi connectivity index (χ0v) is 11.3. The van der Waals surface area contributed by atoms with Crippen molar-refractivity contribution in [2.24, 2.45) is 0 Å². The second kappa shape index (κ2) is 4.96. The molecule has 0 bridgehead atoms. The first kappa shape index (κ1) is 12.7. The van der Waals surface area contributed by atoms with Gasteiger partial charge in [-0.25, -0.2) is 0 Å². The summed E-state index contributed by atoms with van der Waals surface area (Å²) in [5.41, 5.74) is 1.70. The zero-order valence-electron chi connectivity index (χ0n) is 10.6. The summed E-state index contributed by atoms with van der Waals surface area (Å²) >= 11 is 6.03. The highest BCUT2D eigenvalue weighted by atomic mass is 35.5. The predicted octanol–water partition coefficient (Wildman–Crippen LogP) is 2.34. The van der Waals surface area contributed by atoms with Gasteiger partial charge in [-0.1, -0.05) is 17.7 Å². The number of aryl methyl sites for hydroxylation is 1. The van der Waals surface area contributed by atoms with Crippen molar-refractivity contribution in [2.45, 2.75) is 19.8 Å². The van der Waals surface area contributed by atoms with E-state index in [1.807, 2.05) is 19.1 Å². The SMILES string of the molecule is Cc1cc(=O)n(CC2OCCO2)c2cc(Cl)ccc12. The lowest BCUT2D eigenvalue weighted by molar-refractivity contribution is -0.0522. The van der Waals surface area contributed by atoms with E-state index in [9.17, 15) is 4.79 Å². The van der Waals surface area contributed by atoms with Crippen LogP contribution in [0.5, 0.6) is 0 Å². The third kappa shape index (κ3) is 2.39. The number of pyridine rings is 1. The Hall–Kier alpha value is -1.36. The second-order valence-electron chi connectivity index (χ2n) is 4.61. The first-order valence-electron chi connectivity index (χ1n) is 6.18. The van der Waals surface area contributed by atoms with E-state index in [0.717, 1.165) is 16.5 Å². The van der Waals surface area contributed by atoms with Gasteiger partial charge < -0.3 is 14.0 Å². The molecule has 2 heterocycles. The van der Waals surface area contributed by atoms with Crippen molar-refractivity contribution in [3.05, 3.63) is 45.2 Å². The van der Waals surface area contributed by atoms with Crippen LogP contribution in [0.1, 0.15) is 5.56 Å². The van der Waals surface area contributed by atoms with Crippen molar-refractivity contribution < 1.29 is 9.47 Å². The molecule has 1 aliphatic heterocycles. The molecule has 1 aliphatic rings. The Morgan fingerprint density at radius 3 is 2.79 bits per heavy atom. The average Bonchev–Trinajstić information content (AvgIpc) is 2.87. The van der Waals surface area contributed by atoms with Crippen LogP contribution in [0.25, 0.3) is 10.9 Å². The maximum Gasteiger partial charge on any atom is 0.251 e. The number of nitrogens with zero attached hydrogens (tertiary/aromatic N) is 1. The van der Waals surface area contributed by atoms with E-state index >= 15 is 0 Å². The molecule has 5 heteroatoms. The minimum Gasteiger partial charge on any atom is -0.348 e. The summed E-state index contributed by atoms with van der Waals surface area (Å²) in [7, 11) is 0. The van der Waals surface area contributed by atoms with Crippen LogP contribution < -0.4 is 5.56 Å². The summed E-state index contributed by atoms with van der Waals surface area (Å²) in [4.78, 5) is 12.2. The Balaban J connectivity index is 2.15. The van der Waals surface area contributed by atoms with Gasteiger partial charge >= 0.3 is 0 Å². The average molecular weight is 280 g/mol. The van der Waals surface area contributed by atoms with E-state index in [-0.39, 0.29) is 11.8 Å². The Labute approximate surface area is 115 Å². The third-order valence-corrected chi connectivity index (χ3v) is 3.54. The highest BCUT2D eigenvalue weighted by Gasteiger charge is 2.18. The van der Waals surface area contributed by atoms with Gasteiger partial charge in [-0.2, -0.15) is 0 Å². The molecule has 19 heavy (non-hydrogen) atoms. The highest BCUT2D eigenvalue weighted by Crippen LogP contribution is 2.21. The smallest absolute Gasteiger partial charge is 0.251 e. The van der Waals surface area contributed by atoms with Crippen LogP contribution in [0.2, 0.25) is 5.02 Å². The highest BCUT2D eigenvalue weighted by molar-refractivity contribution is 6.31. The molecule has 0 radical (unpaired) electrons. The molecule has 0 spiro atoms. The second-order valence-corrected chi connectivity index (χ2v) is 5.05. The fourth-order valence-corrected chi connectivity index (χ4v) is 2.54. The lowest BCUT2D eigenvalue weighted by Gasteiger charge is -2.15. The van der Waals surface area contributed by atoms with Crippen LogP contribution in [0.4, 0.5) is 0 Å². The van der Waals surface area contributed by atoms with Gasteiger partial charge in [0.15, 0.2) is 6.29 Å². The van der Waals surface area contributed by atoms with E-state index in [0.29, 0.717) is 24.8 Å². The minimum atomic E-state index is -0.359. The van der Waals surface area contributed by atoms with Gasteiger partial charge in [0.05, 0.1) is 25.3 Å². The van der Waals surface area contributed by atoms with E-state index in [2.05, 4.69) is 0 Å². The van der Waals surface area contributed by atoms with Crippen LogP contribution in [-0.2, 0) is 16.0 Å². The summed E-state index contributed by atoms with van der Waals surface area (Å²) < 4.78 is 12.5. The number of hydrogen-bond acceptors (Lipinski definition) is 3. The molecule has 0 N–H and O–H groups in total. The summed E-state index contributed by atoms with van der Waals surface area (Å²) in [5, 5.41) is 1.63. The number of fused-ring (bicyclic) bond motifs is 1. The monoisotopic (exact) mass is 279 g/mol. The van der Waals surface area contributed by atoms with Crippen LogP contribution in [0.15, 0.2) is 29.1 Å². The standard InChI is InChI=1S/C14H14ClNO3/c1-9-6-13(17)16(8-14-18-4-5-19-14)12-7-10(15)2-3-11(9)12/h2-3,6-7,14H,4-5,8H2,1H3. The Bertz CT molecular complexity index is 674. The van der Waals surface area contributed by atoms with Crippen molar-refractivity contribution in [2.75, 3.05) is 13.2 Å². The minimum absolute atomic E-state index is 0.0635. The molecule has 1 aromatic heterocycles. The normalized spacial score (nSPS) is 16.3. The molecule has 0 amide bonds. The summed E-state index contributed by atoms with van der Waals surface area (Å²) in [6, 6.07) is 7.19. The molecular weight excluding hydrogens is 266 g/mol. The molecule has 3 rings (SSSR count). The number of hydrogen-bond donors (Lipinski definition) is 0. The molecule has 2 aromatic rings. The summed E-state index contributed by atoms with van der Waals surface area (Å²) in [5.74, 6) is 0. The molecule has 100 valence electrons. The van der Waals surface area contributed by atoms with Gasteiger partial charge in [0, 0.05) is 16.5 Å². The lowest BCUT2D eigenvalue weighted by Crippen LogP contribution is -2.27. The van der Waals surface area contributed by atoms with Gasteiger partial charge in [0.2, 0.25) is 0 Å². The van der Waals surface area contributed by atoms with E-state index in [1.54, 1.807) is 16.7 Å². The molecule has 0 aliphatic carbocycles. The van der Waals surface area contributed by atoms with Crippen molar-refractivity contribution in [3.8, 4) is 0 Å². The third-order valence-electron chi connectivity index (χ3n) is 3.30. The van der Waals surface area contributed by atoms with Crippen molar-refractivity contribution >= 4 is 22.5 Å². The number of aromatic nitrogens is 1. The fraction of sp³-hybridized carbons (Fsp3) is 0.357. The Morgan fingerprint density at radius 1 is 1.32 bits per heavy atom. The molecule has 0 unspecified atom stereocenters. The zero-order chi connectivity index (χ0) is 13.4. The predicted molar refractivity (Wildman–Crippen MR) is 73.6 cm³/mol. The first-order chi connectivity index (χ1) is 9.15. The van der Waals surface area contributed by atoms with Gasteiger partial charge in [-0.3, -0.25) is 4.79 Å². The first-order valence-corrected chi connectivity index (χ1v) is 6.56. The quantitative estimate of drug-likeness (QED) is 0.847. The van der Waals surface area contributed by atoms with E-state index in [1.165, 1.54) is 0 Å². The van der Waals surface area contributed by atoms with Crippen molar-refractivity contribution in [1.82, 2.24) is 4.57 Å². The van der Waals surface area contributed by atoms with Crippen molar-refractivity contribution in [1.29, 1.82) is 0 Å². The Kier molecular flexibility index (Phi) is 3.31. The van der Waals surface area contributed by atoms with Crippen molar-refractivity contribution in [3.63, 3.8) is 0 Å². The van der Waals surface area contributed by atoms with Gasteiger partial charge in [0.25, 0.3) is 5.56 Å². The lowest BCUT2D eigenvalue weighted by atomic mass is 10.1. The number of ether oxygens (including phenoxy) is 2. The van der Waals surface area contributed by atoms with Crippen LogP contribution in [0, 0.1) is 6.92 Å². The maximum absolute atomic E-state index is 12.2. The van der Waals surface area contributed by atoms with E-state index in [4.69, 9.17) is 21.1 Å². The topological polar surface area (TPSA) is 40.5 Å². The fourth-order valence-electron chi connectivity index (χ4n) is 2.37.